The van der Waals surface area contributed by atoms with Gasteiger partial charge in [-0.2, -0.15) is 0 Å². The highest BCUT2D eigenvalue weighted by Gasteiger charge is 2.40. The van der Waals surface area contributed by atoms with E-state index in [0.717, 1.165) is 6.54 Å². The lowest BCUT2D eigenvalue weighted by molar-refractivity contribution is -0.149. The van der Waals surface area contributed by atoms with E-state index < -0.39 is 6.10 Å². The molecule has 0 radical (unpaired) electrons. The second kappa shape index (κ2) is 12.2. The summed E-state index contributed by atoms with van der Waals surface area (Å²) in [6.45, 7) is 1.30. The van der Waals surface area contributed by atoms with Crippen LogP contribution in [-0.4, -0.2) is 72.6 Å². The molecule has 3 fully saturated rings. The van der Waals surface area contributed by atoms with Crippen molar-refractivity contribution in [3.63, 3.8) is 0 Å². The zero-order valence-electron chi connectivity index (χ0n) is 19.6. The van der Waals surface area contributed by atoms with Crippen LogP contribution < -0.4 is 10.6 Å². The smallest absolute Gasteiger partial charge is 0.322 e. The molecule has 0 bridgehead atoms. The zero-order chi connectivity index (χ0) is 23.9. The molecule has 34 heavy (non-hydrogen) atoms. The molecule has 8 nitrogen and oxygen atoms in total. The maximum absolute atomic E-state index is 13.1. The highest BCUT2D eigenvalue weighted by atomic mass is 35.5. The Kier molecular flexibility index (Phi) is 9.05. The summed E-state index contributed by atoms with van der Waals surface area (Å²) in [5.74, 6) is 0.612. The third-order valence-corrected chi connectivity index (χ3v) is 7.31. The number of ether oxygens (including phenoxy) is 2. The minimum atomic E-state index is -0.778. The molecule has 2 saturated heterocycles. The van der Waals surface area contributed by atoms with E-state index in [1.54, 1.807) is 29.2 Å². The predicted octanol–water partition coefficient (Wildman–Crippen LogP) is 3.57. The second-order valence-electron chi connectivity index (χ2n) is 9.73. The van der Waals surface area contributed by atoms with Gasteiger partial charge in [0.25, 0.3) is 0 Å². The zero-order valence-corrected chi connectivity index (χ0v) is 20.3. The van der Waals surface area contributed by atoms with E-state index >= 15 is 0 Å². The van der Waals surface area contributed by atoms with Crippen LogP contribution in [0.15, 0.2) is 24.3 Å². The van der Waals surface area contributed by atoms with E-state index in [9.17, 15) is 14.7 Å². The molecule has 9 heteroatoms. The first-order valence-corrected chi connectivity index (χ1v) is 12.9. The summed E-state index contributed by atoms with van der Waals surface area (Å²) in [5.41, 5.74) is 0.628. The normalized spacial score (nSPS) is 28.4. The van der Waals surface area contributed by atoms with Gasteiger partial charge in [-0.25, -0.2) is 4.79 Å². The fourth-order valence-corrected chi connectivity index (χ4v) is 5.36. The number of hydrogen-bond donors (Lipinski definition) is 3. The summed E-state index contributed by atoms with van der Waals surface area (Å²) in [6.07, 6.45) is 6.52. The molecule has 0 unspecified atom stereocenters. The number of benzene rings is 1. The number of urea groups is 1. The molecular formula is C25H36ClN3O5. The molecule has 0 spiro atoms. The number of amides is 3. The lowest BCUT2D eigenvalue weighted by Gasteiger charge is -2.44. The average molecular weight is 494 g/mol. The minimum absolute atomic E-state index is 0.0218. The van der Waals surface area contributed by atoms with Gasteiger partial charge in [-0.1, -0.05) is 30.9 Å². The molecule has 3 aliphatic rings. The van der Waals surface area contributed by atoms with Gasteiger partial charge in [-0.15, -0.1) is 0 Å². The molecule has 1 aromatic carbocycles. The van der Waals surface area contributed by atoms with Crippen LogP contribution in [0.5, 0.6) is 0 Å². The topological polar surface area (TPSA) is 100 Å². The number of nitrogens with zero attached hydrogens (tertiary/aromatic N) is 1. The third kappa shape index (κ3) is 7.07. The summed E-state index contributed by atoms with van der Waals surface area (Å²) in [5, 5.41) is 16.9. The standard InChI is InChI=1S/C25H36ClN3O5/c26-18-6-8-19(9-7-18)28-25(32)29-14-20(30)15-33-16-23-22(29)11-10-21(34-23)12-24(31)27-13-17-4-2-1-3-5-17/h6-9,17,20-23,30H,1-5,10-16H2,(H,27,31)(H,28,32)/t20-,21-,22+,23-/m1/s1. The van der Waals surface area contributed by atoms with Crippen LogP contribution in [0.2, 0.25) is 5.02 Å². The number of halogens is 1. The lowest BCUT2D eigenvalue weighted by atomic mass is 9.89. The van der Waals surface area contributed by atoms with Crippen molar-refractivity contribution in [2.24, 2.45) is 5.92 Å². The highest BCUT2D eigenvalue weighted by Crippen LogP contribution is 2.29. The van der Waals surface area contributed by atoms with Crippen LogP contribution in [0, 0.1) is 5.92 Å². The fourth-order valence-electron chi connectivity index (χ4n) is 5.23. The summed E-state index contributed by atoms with van der Waals surface area (Å²) >= 11 is 5.94. The Morgan fingerprint density at radius 1 is 1.06 bits per heavy atom. The first-order chi connectivity index (χ1) is 16.5. The number of aliphatic hydroxyl groups is 1. The van der Waals surface area contributed by atoms with Gasteiger partial charge in [0.2, 0.25) is 5.91 Å². The largest absolute Gasteiger partial charge is 0.389 e. The summed E-state index contributed by atoms with van der Waals surface area (Å²) < 4.78 is 11.9. The van der Waals surface area contributed by atoms with Crippen LogP contribution in [0.4, 0.5) is 10.5 Å². The number of rotatable bonds is 5. The lowest BCUT2D eigenvalue weighted by Crippen LogP contribution is -2.58. The van der Waals surface area contributed by atoms with Gasteiger partial charge in [0.1, 0.15) is 6.10 Å². The second-order valence-corrected chi connectivity index (χ2v) is 10.2. The average Bonchev–Trinajstić information content (AvgIpc) is 2.82. The summed E-state index contributed by atoms with van der Waals surface area (Å²) in [4.78, 5) is 27.3. The van der Waals surface area contributed by atoms with Crippen molar-refractivity contribution < 1.29 is 24.2 Å². The number of fused-ring (bicyclic) bond motifs is 1. The SMILES string of the molecule is O=C(C[C@H]1CC[C@H]2[C@@H](COC[C@H](O)CN2C(=O)Nc2ccc(Cl)cc2)O1)NCC1CCCCC1. The van der Waals surface area contributed by atoms with E-state index in [4.69, 9.17) is 21.1 Å². The van der Waals surface area contributed by atoms with E-state index in [-0.39, 0.29) is 49.9 Å². The van der Waals surface area contributed by atoms with Gasteiger partial charge >= 0.3 is 6.03 Å². The van der Waals surface area contributed by atoms with E-state index in [0.29, 0.717) is 35.9 Å². The van der Waals surface area contributed by atoms with Gasteiger partial charge in [0.15, 0.2) is 0 Å². The molecule has 3 N–H and O–H groups in total. The molecule has 2 aliphatic heterocycles. The number of carbonyl (C=O) groups excluding carboxylic acids is 2. The Balaban J connectivity index is 1.33. The Bertz CT molecular complexity index is 817. The number of anilines is 1. The van der Waals surface area contributed by atoms with Crippen molar-refractivity contribution in [3.8, 4) is 0 Å². The number of nitrogens with one attached hydrogen (secondary N) is 2. The maximum atomic E-state index is 13.1. The number of carbonyl (C=O) groups is 2. The molecule has 4 atom stereocenters. The van der Waals surface area contributed by atoms with E-state index in [1.165, 1.54) is 32.1 Å². The first-order valence-electron chi connectivity index (χ1n) is 12.5. The molecule has 1 saturated carbocycles. The Morgan fingerprint density at radius 3 is 2.59 bits per heavy atom. The molecule has 1 aromatic rings. The Morgan fingerprint density at radius 2 is 1.82 bits per heavy atom. The van der Waals surface area contributed by atoms with Crippen molar-refractivity contribution in [3.05, 3.63) is 29.3 Å². The van der Waals surface area contributed by atoms with Crippen LogP contribution in [0.3, 0.4) is 0 Å². The number of aliphatic hydroxyl groups excluding tert-OH is 1. The van der Waals surface area contributed by atoms with Crippen molar-refractivity contribution in [1.82, 2.24) is 10.2 Å². The molecular weight excluding hydrogens is 458 g/mol. The molecule has 0 aromatic heterocycles. The van der Waals surface area contributed by atoms with Gasteiger partial charge in [0.05, 0.1) is 44.4 Å². The molecule has 3 amide bonds. The quantitative estimate of drug-likeness (QED) is 0.582. The van der Waals surface area contributed by atoms with Gasteiger partial charge in [-0.05, 0) is 55.9 Å². The van der Waals surface area contributed by atoms with E-state index in [2.05, 4.69) is 10.6 Å². The molecule has 2 heterocycles. The number of hydrogen-bond acceptors (Lipinski definition) is 5. The van der Waals surface area contributed by atoms with Gasteiger partial charge < -0.3 is 30.1 Å². The Hall–Kier alpha value is -1.87. The van der Waals surface area contributed by atoms with Crippen LogP contribution in [-0.2, 0) is 14.3 Å². The van der Waals surface area contributed by atoms with Crippen LogP contribution >= 0.6 is 11.6 Å². The van der Waals surface area contributed by atoms with Crippen molar-refractivity contribution in [2.75, 3.05) is 31.6 Å². The summed E-state index contributed by atoms with van der Waals surface area (Å²) in [7, 11) is 0. The van der Waals surface area contributed by atoms with Crippen LogP contribution in [0.1, 0.15) is 51.4 Å². The molecule has 1 aliphatic carbocycles. The fraction of sp³-hybridized carbons (Fsp3) is 0.680. The highest BCUT2D eigenvalue weighted by molar-refractivity contribution is 6.30. The van der Waals surface area contributed by atoms with Gasteiger partial charge in [0, 0.05) is 17.3 Å². The van der Waals surface area contributed by atoms with E-state index in [1.807, 2.05) is 0 Å². The number of β-amino-alcohol motifs (C(OH)–C–C–N with tert-alkyl or cyclic N) is 1. The molecule has 188 valence electrons. The van der Waals surface area contributed by atoms with Crippen molar-refractivity contribution in [2.45, 2.75) is 75.7 Å². The Labute approximate surface area is 206 Å². The van der Waals surface area contributed by atoms with Gasteiger partial charge in [-0.3, -0.25) is 4.79 Å². The predicted molar refractivity (Wildman–Crippen MR) is 130 cm³/mol. The third-order valence-electron chi connectivity index (χ3n) is 7.06. The minimum Gasteiger partial charge on any atom is -0.389 e. The van der Waals surface area contributed by atoms with Crippen LogP contribution in [0.25, 0.3) is 0 Å². The summed E-state index contributed by atoms with van der Waals surface area (Å²) in [6, 6.07) is 6.35. The monoisotopic (exact) mass is 493 g/mol. The maximum Gasteiger partial charge on any atom is 0.322 e. The molecule has 4 rings (SSSR count). The first kappa shape index (κ1) is 25.2. The van der Waals surface area contributed by atoms with Crippen molar-refractivity contribution in [1.29, 1.82) is 0 Å². The van der Waals surface area contributed by atoms with Crippen molar-refractivity contribution >= 4 is 29.2 Å².